The first kappa shape index (κ1) is 16.7. The third-order valence-corrected chi connectivity index (χ3v) is 4.05. The van der Waals surface area contributed by atoms with Crippen LogP contribution in [0.3, 0.4) is 0 Å². The number of rotatable bonds is 4. The molecule has 0 spiro atoms. The number of aromatic nitrogens is 1. The minimum atomic E-state index is -4.31. The van der Waals surface area contributed by atoms with Crippen molar-refractivity contribution in [3.8, 4) is 0 Å². The number of benzene rings is 1. The van der Waals surface area contributed by atoms with Crippen LogP contribution in [0.2, 0.25) is 0 Å². The molecule has 0 radical (unpaired) electrons. The van der Waals surface area contributed by atoms with Crippen molar-refractivity contribution in [2.75, 3.05) is 11.8 Å². The summed E-state index contributed by atoms with van der Waals surface area (Å²) >= 11 is 0. The number of hydrogen-bond acceptors (Lipinski definition) is 5. The Morgan fingerprint density at radius 3 is 2.35 bits per heavy atom. The van der Waals surface area contributed by atoms with E-state index in [4.69, 9.17) is 0 Å². The quantitative estimate of drug-likeness (QED) is 0.677. The van der Waals surface area contributed by atoms with Gasteiger partial charge in [0.1, 0.15) is 16.4 Å². The van der Waals surface area contributed by atoms with Gasteiger partial charge in [0, 0.05) is 18.3 Å². The molecule has 6 nitrogen and oxygen atoms in total. The molecule has 0 saturated carbocycles. The molecule has 0 aliphatic carbocycles. The Morgan fingerprint density at radius 1 is 1.13 bits per heavy atom. The highest BCUT2D eigenvalue weighted by Gasteiger charge is 2.19. The largest absolute Gasteiger partial charge is 0.464 e. The Balaban J connectivity index is 2.32. The van der Waals surface area contributed by atoms with Gasteiger partial charge in [-0.05, 0) is 12.1 Å². The summed E-state index contributed by atoms with van der Waals surface area (Å²) in [5.41, 5.74) is -0.897. The molecule has 1 aromatic carbocycles. The number of carbonyl (C=O) groups excluding carboxylic acids is 1. The number of nitrogens with one attached hydrogen (secondary N) is 1. The molecule has 0 aliphatic heterocycles. The van der Waals surface area contributed by atoms with Gasteiger partial charge >= 0.3 is 5.97 Å². The van der Waals surface area contributed by atoms with Gasteiger partial charge in [-0.1, -0.05) is 0 Å². The summed E-state index contributed by atoms with van der Waals surface area (Å²) in [6, 6.07) is 2.70. The number of anilines is 1. The summed E-state index contributed by atoms with van der Waals surface area (Å²) in [6.45, 7) is 0. The Bertz CT molecular complexity index is 854. The zero-order chi connectivity index (χ0) is 17.2. The minimum Gasteiger partial charge on any atom is -0.464 e. The van der Waals surface area contributed by atoms with Crippen LogP contribution in [0.4, 0.5) is 18.9 Å². The first-order valence-corrected chi connectivity index (χ1v) is 7.44. The summed E-state index contributed by atoms with van der Waals surface area (Å²) in [4.78, 5) is 14.4. The van der Waals surface area contributed by atoms with E-state index in [9.17, 15) is 26.4 Å². The average Bonchev–Trinajstić information content (AvgIpc) is 2.51. The van der Waals surface area contributed by atoms with Gasteiger partial charge in [-0.25, -0.2) is 31.4 Å². The lowest BCUT2D eigenvalue weighted by Gasteiger charge is -2.09. The molecule has 0 atom stereocenters. The maximum atomic E-state index is 13.5. The number of carbonyl (C=O) groups is 1. The van der Waals surface area contributed by atoms with E-state index in [0.717, 1.165) is 25.4 Å². The Hall–Kier alpha value is -2.62. The fraction of sp³-hybridized carbons (Fsp3) is 0.0769. The highest BCUT2D eigenvalue weighted by atomic mass is 32.2. The maximum absolute atomic E-state index is 13.5. The van der Waals surface area contributed by atoms with Gasteiger partial charge in [0.15, 0.2) is 11.6 Å². The van der Waals surface area contributed by atoms with Crippen molar-refractivity contribution in [2.24, 2.45) is 0 Å². The van der Waals surface area contributed by atoms with E-state index in [1.165, 1.54) is 0 Å². The third kappa shape index (κ3) is 3.59. The SMILES string of the molecule is COC(=O)c1ccc(S(=O)(=O)Nc2cc(F)c(F)cc2F)cn1. The summed E-state index contributed by atoms with van der Waals surface area (Å²) < 4.78 is 69.7. The van der Waals surface area contributed by atoms with Crippen molar-refractivity contribution in [3.05, 3.63) is 53.6 Å². The highest BCUT2D eigenvalue weighted by molar-refractivity contribution is 7.92. The second-order valence-corrected chi connectivity index (χ2v) is 5.90. The molecule has 0 amide bonds. The molecule has 0 fully saturated rings. The standard InChI is InChI=1S/C13H9F3N2O4S/c1-22-13(19)11-3-2-7(6-17-11)23(20,21)18-12-5-9(15)8(14)4-10(12)16/h2-6,18H,1H3. The summed E-state index contributed by atoms with van der Waals surface area (Å²) in [6.07, 6.45) is 0.840. The van der Waals surface area contributed by atoms with Crippen LogP contribution in [0.5, 0.6) is 0 Å². The van der Waals surface area contributed by atoms with E-state index in [1.807, 2.05) is 0 Å². The van der Waals surface area contributed by atoms with Crippen molar-refractivity contribution in [1.29, 1.82) is 0 Å². The van der Waals surface area contributed by atoms with Gasteiger partial charge in [-0.15, -0.1) is 0 Å². The van der Waals surface area contributed by atoms with Crippen LogP contribution >= 0.6 is 0 Å². The lowest BCUT2D eigenvalue weighted by atomic mass is 10.3. The van der Waals surface area contributed by atoms with Crippen molar-refractivity contribution in [3.63, 3.8) is 0 Å². The average molecular weight is 346 g/mol. The van der Waals surface area contributed by atoms with Crippen molar-refractivity contribution in [2.45, 2.75) is 4.90 Å². The lowest BCUT2D eigenvalue weighted by molar-refractivity contribution is 0.0594. The molecule has 122 valence electrons. The van der Waals surface area contributed by atoms with Crippen LogP contribution in [0, 0.1) is 17.5 Å². The van der Waals surface area contributed by atoms with Crippen LogP contribution in [-0.4, -0.2) is 26.5 Å². The summed E-state index contributed by atoms with van der Waals surface area (Å²) in [5.74, 6) is -4.92. The Kier molecular flexibility index (Phi) is 4.55. The molecule has 0 saturated heterocycles. The number of pyridine rings is 1. The number of sulfonamides is 1. The first-order chi connectivity index (χ1) is 10.7. The predicted octanol–water partition coefficient (Wildman–Crippen LogP) is 2.09. The lowest BCUT2D eigenvalue weighted by Crippen LogP contribution is -2.15. The summed E-state index contributed by atoms with van der Waals surface area (Å²) in [5, 5.41) is 0. The molecule has 1 N–H and O–H groups in total. The third-order valence-electron chi connectivity index (χ3n) is 2.70. The number of methoxy groups -OCH3 is 1. The molecule has 1 heterocycles. The second-order valence-electron chi connectivity index (χ2n) is 4.22. The number of ether oxygens (including phenoxy) is 1. The van der Waals surface area contributed by atoms with Gasteiger partial charge < -0.3 is 4.74 Å². The number of esters is 1. The smallest absolute Gasteiger partial charge is 0.356 e. The summed E-state index contributed by atoms with van der Waals surface area (Å²) in [7, 11) is -3.18. The second kappa shape index (κ2) is 6.24. The highest BCUT2D eigenvalue weighted by Crippen LogP contribution is 2.22. The Morgan fingerprint density at radius 2 is 1.78 bits per heavy atom. The van der Waals surface area contributed by atoms with Gasteiger partial charge in [-0.3, -0.25) is 4.72 Å². The van der Waals surface area contributed by atoms with Gasteiger partial charge in [0.2, 0.25) is 0 Å². The number of halogens is 3. The molecule has 2 rings (SSSR count). The van der Waals surface area contributed by atoms with E-state index in [2.05, 4.69) is 9.72 Å². The fourth-order valence-electron chi connectivity index (χ4n) is 1.57. The molecule has 2 aromatic rings. The number of nitrogens with zero attached hydrogens (tertiary/aromatic N) is 1. The topological polar surface area (TPSA) is 85.4 Å². The van der Waals surface area contributed by atoms with E-state index in [1.54, 1.807) is 4.72 Å². The van der Waals surface area contributed by atoms with Crippen LogP contribution in [0.1, 0.15) is 10.5 Å². The van der Waals surface area contributed by atoms with Crippen molar-refractivity contribution < 1.29 is 31.1 Å². The molecule has 23 heavy (non-hydrogen) atoms. The van der Waals surface area contributed by atoms with E-state index < -0.39 is 44.0 Å². The van der Waals surface area contributed by atoms with E-state index >= 15 is 0 Å². The fourth-order valence-corrected chi connectivity index (χ4v) is 2.57. The van der Waals surface area contributed by atoms with Crippen LogP contribution < -0.4 is 4.72 Å². The van der Waals surface area contributed by atoms with Gasteiger partial charge in [0.05, 0.1) is 12.8 Å². The van der Waals surface area contributed by atoms with Crippen LogP contribution in [-0.2, 0) is 14.8 Å². The van der Waals surface area contributed by atoms with Gasteiger partial charge in [0.25, 0.3) is 10.0 Å². The van der Waals surface area contributed by atoms with Crippen LogP contribution in [0.15, 0.2) is 35.4 Å². The predicted molar refractivity (Wildman–Crippen MR) is 72.7 cm³/mol. The van der Waals surface area contributed by atoms with E-state index in [0.29, 0.717) is 6.07 Å². The zero-order valence-corrected chi connectivity index (χ0v) is 12.3. The van der Waals surface area contributed by atoms with Gasteiger partial charge in [-0.2, -0.15) is 0 Å². The molecule has 1 aromatic heterocycles. The molecule has 0 bridgehead atoms. The zero-order valence-electron chi connectivity index (χ0n) is 11.5. The first-order valence-electron chi connectivity index (χ1n) is 5.96. The Labute approximate surface area is 129 Å². The number of hydrogen-bond donors (Lipinski definition) is 1. The molecule has 0 aliphatic rings. The van der Waals surface area contributed by atoms with E-state index in [-0.39, 0.29) is 11.8 Å². The monoisotopic (exact) mass is 346 g/mol. The minimum absolute atomic E-state index is 0.134. The normalized spacial score (nSPS) is 11.1. The van der Waals surface area contributed by atoms with Crippen molar-refractivity contribution >= 4 is 21.7 Å². The molecule has 0 unspecified atom stereocenters. The van der Waals surface area contributed by atoms with Crippen LogP contribution in [0.25, 0.3) is 0 Å². The molecular weight excluding hydrogens is 337 g/mol. The maximum Gasteiger partial charge on any atom is 0.356 e. The van der Waals surface area contributed by atoms with Crippen molar-refractivity contribution in [1.82, 2.24) is 4.98 Å². The molecular formula is C13H9F3N2O4S. The molecule has 10 heteroatoms.